The molecule has 0 spiro atoms. The SMILES string of the molecule is O=C(Nc1ccc2[nH]c(=O)[nH]c2c1)c1cccc(Cl)c1. The van der Waals surface area contributed by atoms with E-state index in [-0.39, 0.29) is 11.6 Å². The Kier molecular flexibility index (Phi) is 3.04. The number of halogens is 1. The van der Waals surface area contributed by atoms with Crippen LogP contribution in [0.1, 0.15) is 10.4 Å². The zero-order valence-corrected chi connectivity index (χ0v) is 11.0. The number of aromatic amines is 2. The molecule has 5 nitrogen and oxygen atoms in total. The van der Waals surface area contributed by atoms with Crippen LogP contribution in [0.5, 0.6) is 0 Å². The summed E-state index contributed by atoms with van der Waals surface area (Å²) in [6.07, 6.45) is 0. The molecule has 0 atom stereocenters. The molecular weight excluding hydrogens is 278 g/mol. The third-order valence-electron chi connectivity index (χ3n) is 2.86. The number of benzene rings is 2. The number of anilines is 1. The van der Waals surface area contributed by atoms with E-state index in [9.17, 15) is 9.59 Å². The van der Waals surface area contributed by atoms with Gasteiger partial charge in [0.15, 0.2) is 0 Å². The smallest absolute Gasteiger partial charge is 0.322 e. The molecule has 0 saturated heterocycles. The molecule has 3 N–H and O–H groups in total. The number of carbonyl (C=O) groups is 1. The van der Waals surface area contributed by atoms with Gasteiger partial charge in [-0.2, -0.15) is 0 Å². The van der Waals surface area contributed by atoms with E-state index >= 15 is 0 Å². The second kappa shape index (κ2) is 4.86. The molecule has 3 rings (SSSR count). The number of rotatable bonds is 2. The van der Waals surface area contributed by atoms with Gasteiger partial charge in [-0.05, 0) is 36.4 Å². The topological polar surface area (TPSA) is 77.8 Å². The van der Waals surface area contributed by atoms with Crippen LogP contribution in [0.3, 0.4) is 0 Å². The van der Waals surface area contributed by atoms with Gasteiger partial charge in [-0.1, -0.05) is 17.7 Å². The van der Waals surface area contributed by atoms with E-state index in [0.717, 1.165) is 0 Å². The van der Waals surface area contributed by atoms with Gasteiger partial charge in [-0.3, -0.25) is 4.79 Å². The first kappa shape index (κ1) is 12.5. The Balaban J connectivity index is 1.88. The molecule has 0 saturated carbocycles. The molecule has 1 heterocycles. The van der Waals surface area contributed by atoms with Crippen molar-refractivity contribution in [3.63, 3.8) is 0 Å². The van der Waals surface area contributed by atoms with Gasteiger partial charge in [0, 0.05) is 16.3 Å². The lowest BCUT2D eigenvalue weighted by atomic mass is 10.2. The third kappa shape index (κ3) is 2.44. The minimum atomic E-state index is -0.279. The van der Waals surface area contributed by atoms with Crippen LogP contribution in [-0.2, 0) is 0 Å². The maximum Gasteiger partial charge on any atom is 0.323 e. The summed E-state index contributed by atoms with van der Waals surface area (Å²) in [6.45, 7) is 0. The van der Waals surface area contributed by atoms with Crippen molar-refractivity contribution < 1.29 is 4.79 Å². The molecule has 20 heavy (non-hydrogen) atoms. The fourth-order valence-corrected chi connectivity index (χ4v) is 2.13. The summed E-state index contributed by atoms with van der Waals surface area (Å²) in [5, 5.41) is 3.26. The van der Waals surface area contributed by atoms with Crippen molar-refractivity contribution in [2.75, 3.05) is 5.32 Å². The summed E-state index contributed by atoms with van der Waals surface area (Å²) in [7, 11) is 0. The quantitative estimate of drug-likeness (QED) is 0.678. The first-order valence-electron chi connectivity index (χ1n) is 5.91. The highest BCUT2D eigenvalue weighted by molar-refractivity contribution is 6.31. The number of imidazole rings is 1. The molecule has 0 unspecified atom stereocenters. The number of amides is 1. The lowest BCUT2D eigenvalue weighted by molar-refractivity contribution is 0.102. The van der Waals surface area contributed by atoms with Crippen LogP contribution in [0.15, 0.2) is 47.3 Å². The minimum absolute atomic E-state index is 0.260. The highest BCUT2D eigenvalue weighted by atomic mass is 35.5. The fourth-order valence-electron chi connectivity index (χ4n) is 1.94. The van der Waals surface area contributed by atoms with Crippen LogP contribution in [0, 0.1) is 0 Å². The third-order valence-corrected chi connectivity index (χ3v) is 3.10. The second-order valence-electron chi connectivity index (χ2n) is 4.30. The zero-order valence-electron chi connectivity index (χ0n) is 10.2. The van der Waals surface area contributed by atoms with E-state index < -0.39 is 0 Å². The predicted octanol–water partition coefficient (Wildman–Crippen LogP) is 2.76. The molecule has 0 radical (unpaired) electrons. The lowest BCUT2D eigenvalue weighted by Gasteiger charge is -2.05. The maximum atomic E-state index is 12.1. The summed E-state index contributed by atoms with van der Waals surface area (Å²) in [4.78, 5) is 28.5. The van der Waals surface area contributed by atoms with Crippen molar-refractivity contribution in [1.29, 1.82) is 0 Å². The molecule has 0 bridgehead atoms. The van der Waals surface area contributed by atoms with Crippen molar-refractivity contribution in [1.82, 2.24) is 9.97 Å². The normalized spacial score (nSPS) is 10.7. The molecule has 100 valence electrons. The number of nitrogens with one attached hydrogen (secondary N) is 3. The first-order chi connectivity index (χ1) is 9.61. The molecule has 1 aromatic heterocycles. The molecule has 0 aliphatic heterocycles. The molecular formula is C14H10ClN3O2. The summed E-state index contributed by atoms with van der Waals surface area (Å²) < 4.78 is 0. The summed E-state index contributed by atoms with van der Waals surface area (Å²) in [5.41, 5.74) is 2.12. The predicted molar refractivity (Wildman–Crippen MR) is 78.3 cm³/mol. The van der Waals surface area contributed by atoms with E-state index in [4.69, 9.17) is 11.6 Å². The molecule has 1 amide bonds. The number of hydrogen-bond acceptors (Lipinski definition) is 2. The Bertz CT molecular complexity index is 851. The van der Waals surface area contributed by atoms with E-state index in [1.165, 1.54) is 0 Å². The first-order valence-corrected chi connectivity index (χ1v) is 6.28. The van der Waals surface area contributed by atoms with Crippen molar-refractivity contribution in [3.05, 3.63) is 63.5 Å². The van der Waals surface area contributed by atoms with Crippen LogP contribution in [-0.4, -0.2) is 15.9 Å². The van der Waals surface area contributed by atoms with Gasteiger partial charge in [-0.25, -0.2) is 4.79 Å². The standard InChI is InChI=1S/C14H10ClN3O2/c15-9-3-1-2-8(6-9)13(19)16-10-4-5-11-12(7-10)18-14(20)17-11/h1-7H,(H,16,19)(H2,17,18,20). The number of fused-ring (bicyclic) bond motifs is 1. The Labute approximate surface area is 118 Å². The van der Waals surface area contributed by atoms with Crippen LogP contribution < -0.4 is 11.0 Å². The number of aromatic nitrogens is 2. The van der Waals surface area contributed by atoms with Crippen LogP contribution in [0.2, 0.25) is 5.02 Å². The van der Waals surface area contributed by atoms with Crippen LogP contribution in [0.25, 0.3) is 11.0 Å². The van der Waals surface area contributed by atoms with Crippen molar-refractivity contribution in [2.45, 2.75) is 0 Å². The molecule has 2 aromatic carbocycles. The average molecular weight is 288 g/mol. The lowest BCUT2D eigenvalue weighted by Crippen LogP contribution is -2.11. The van der Waals surface area contributed by atoms with Gasteiger partial charge in [0.25, 0.3) is 5.91 Å². The molecule has 0 aliphatic rings. The number of carbonyl (C=O) groups excluding carboxylic acids is 1. The zero-order chi connectivity index (χ0) is 14.1. The average Bonchev–Trinajstić information content (AvgIpc) is 2.78. The van der Waals surface area contributed by atoms with Crippen molar-refractivity contribution >= 4 is 34.2 Å². The summed E-state index contributed by atoms with van der Waals surface area (Å²) >= 11 is 5.85. The van der Waals surface area contributed by atoms with Gasteiger partial charge in [0.2, 0.25) is 0 Å². The fraction of sp³-hybridized carbons (Fsp3) is 0. The van der Waals surface area contributed by atoms with E-state index in [1.807, 2.05) is 0 Å². The molecule has 0 aliphatic carbocycles. The largest absolute Gasteiger partial charge is 0.323 e. The van der Waals surface area contributed by atoms with Gasteiger partial charge in [0.05, 0.1) is 11.0 Å². The second-order valence-corrected chi connectivity index (χ2v) is 4.74. The molecule has 3 aromatic rings. The highest BCUT2D eigenvalue weighted by Crippen LogP contribution is 2.16. The Morgan fingerprint density at radius 2 is 1.85 bits per heavy atom. The Morgan fingerprint density at radius 1 is 1.05 bits per heavy atom. The molecule has 0 fully saturated rings. The van der Waals surface area contributed by atoms with E-state index in [1.54, 1.807) is 42.5 Å². The highest BCUT2D eigenvalue weighted by Gasteiger charge is 2.07. The molecule has 6 heteroatoms. The van der Waals surface area contributed by atoms with Gasteiger partial charge < -0.3 is 15.3 Å². The monoisotopic (exact) mass is 287 g/mol. The van der Waals surface area contributed by atoms with Crippen molar-refractivity contribution in [2.24, 2.45) is 0 Å². The van der Waals surface area contributed by atoms with Gasteiger partial charge in [0.1, 0.15) is 0 Å². The van der Waals surface area contributed by atoms with E-state index in [2.05, 4.69) is 15.3 Å². The van der Waals surface area contributed by atoms with Crippen LogP contribution >= 0.6 is 11.6 Å². The van der Waals surface area contributed by atoms with E-state index in [0.29, 0.717) is 27.3 Å². The van der Waals surface area contributed by atoms with Crippen LogP contribution in [0.4, 0.5) is 5.69 Å². The maximum absolute atomic E-state index is 12.1. The summed E-state index contributed by atoms with van der Waals surface area (Å²) in [5.74, 6) is -0.260. The summed E-state index contributed by atoms with van der Waals surface area (Å²) in [6, 6.07) is 11.8. The number of hydrogen-bond donors (Lipinski definition) is 3. The number of H-pyrrole nitrogens is 2. The Hall–Kier alpha value is -2.53. The Morgan fingerprint density at radius 3 is 2.65 bits per heavy atom. The minimum Gasteiger partial charge on any atom is -0.322 e. The van der Waals surface area contributed by atoms with Gasteiger partial charge in [-0.15, -0.1) is 0 Å². The van der Waals surface area contributed by atoms with Gasteiger partial charge >= 0.3 is 5.69 Å². The van der Waals surface area contributed by atoms with Crippen molar-refractivity contribution in [3.8, 4) is 0 Å².